The molecule has 1 saturated heterocycles. The number of benzene rings is 2. The molecular formula is C25H28ClN3O6S. The maximum Gasteiger partial charge on any atom is 0.265 e. The van der Waals surface area contributed by atoms with E-state index < -0.39 is 16.1 Å². The Morgan fingerprint density at radius 3 is 2.31 bits per heavy atom. The summed E-state index contributed by atoms with van der Waals surface area (Å²) < 4.78 is 39.3. The fourth-order valence-electron chi connectivity index (χ4n) is 4.38. The molecular weight excluding hydrogens is 506 g/mol. The third kappa shape index (κ3) is 4.62. The highest BCUT2D eigenvalue weighted by atomic mass is 35.5. The van der Waals surface area contributed by atoms with Crippen molar-refractivity contribution in [3.63, 3.8) is 0 Å². The molecule has 0 radical (unpaired) electrons. The van der Waals surface area contributed by atoms with Gasteiger partial charge in [0.25, 0.3) is 10.0 Å². The molecule has 11 heteroatoms. The largest absolute Gasteiger partial charge is 0.493 e. The Balaban J connectivity index is 1.79. The van der Waals surface area contributed by atoms with E-state index in [2.05, 4.69) is 0 Å². The number of ether oxygens (including phenoxy) is 2. The van der Waals surface area contributed by atoms with Crippen LogP contribution in [0.15, 0.2) is 59.4 Å². The predicted octanol–water partition coefficient (Wildman–Crippen LogP) is 3.24. The van der Waals surface area contributed by atoms with Gasteiger partial charge in [0.05, 0.1) is 19.1 Å². The van der Waals surface area contributed by atoms with Gasteiger partial charge in [0, 0.05) is 42.7 Å². The van der Waals surface area contributed by atoms with Crippen LogP contribution in [0.5, 0.6) is 11.5 Å². The molecule has 192 valence electrons. The summed E-state index contributed by atoms with van der Waals surface area (Å²) in [5.41, 5.74) is 0.801. The van der Waals surface area contributed by atoms with Gasteiger partial charge in [-0.05, 0) is 43.7 Å². The van der Waals surface area contributed by atoms with Gasteiger partial charge in [-0.1, -0.05) is 23.7 Å². The van der Waals surface area contributed by atoms with E-state index in [1.165, 1.54) is 52.7 Å². The maximum absolute atomic E-state index is 13.8. The highest BCUT2D eigenvalue weighted by molar-refractivity contribution is 7.89. The van der Waals surface area contributed by atoms with E-state index in [0.29, 0.717) is 10.8 Å². The van der Waals surface area contributed by atoms with Gasteiger partial charge in [-0.2, -0.15) is 0 Å². The number of carbonyl (C=O) groups excluding carboxylic acids is 2. The number of halogens is 1. The molecule has 4 rings (SSSR count). The van der Waals surface area contributed by atoms with Crippen LogP contribution in [0.1, 0.15) is 25.8 Å². The predicted molar refractivity (Wildman–Crippen MR) is 134 cm³/mol. The topological polar surface area (TPSA) is 96.5 Å². The normalized spacial score (nSPS) is 18.3. The summed E-state index contributed by atoms with van der Waals surface area (Å²) in [5, 5.41) is 0.555. The Kier molecular flexibility index (Phi) is 7.19. The molecule has 0 N–H and O–H groups in total. The molecule has 2 heterocycles. The first-order valence-electron chi connectivity index (χ1n) is 11.4. The van der Waals surface area contributed by atoms with E-state index in [9.17, 15) is 18.0 Å². The summed E-state index contributed by atoms with van der Waals surface area (Å²) in [6.07, 6.45) is 1.61. The second-order valence-corrected chi connectivity index (χ2v) is 11.1. The first kappa shape index (κ1) is 25.8. The SMILES string of the molecule is COc1ccc(S(=O)(=O)N2CCC(=O)N3C2=CN(C(C)C)C(=O)C3Cc2ccc(Cl)cc2)cc1OC. The molecule has 1 fully saturated rings. The van der Waals surface area contributed by atoms with Crippen LogP contribution in [0, 0.1) is 0 Å². The van der Waals surface area contributed by atoms with Crippen molar-refractivity contribution in [1.82, 2.24) is 14.1 Å². The molecule has 1 unspecified atom stereocenters. The molecule has 0 aliphatic carbocycles. The zero-order valence-corrected chi connectivity index (χ0v) is 22.0. The van der Waals surface area contributed by atoms with E-state index >= 15 is 0 Å². The van der Waals surface area contributed by atoms with Crippen molar-refractivity contribution < 1.29 is 27.5 Å². The molecule has 9 nitrogen and oxygen atoms in total. The van der Waals surface area contributed by atoms with Crippen molar-refractivity contribution in [2.75, 3.05) is 20.8 Å². The number of carbonyl (C=O) groups is 2. The van der Waals surface area contributed by atoms with Crippen LogP contribution < -0.4 is 9.47 Å². The molecule has 2 aliphatic heterocycles. The zero-order valence-electron chi connectivity index (χ0n) is 20.5. The first-order chi connectivity index (χ1) is 17.1. The van der Waals surface area contributed by atoms with E-state index in [4.69, 9.17) is 21.1 Å². The average molecular weight is 534 g/mol. The second kappa shape index (κ2) is 10.0. The second-order valence-electron chi connectivity index (χ2n) is 8.78. The van der Waals surface area contributed by atoms with Gasteiger partial charge in [0.15, 0.2) is 11.5 Å². The standard InChI is InChI=1S/C25H28ClN3O6S/c1-16(2)27-15-23-28(36(32,33)19-9-10-21(34-3)22(14-19)35-4)12-11-24(30)29(23)20(25(27)31)13-17-5-7-18(26)8-6-17/h5-10,14-16,20H,11-13H2,1-4H3. The number of fused-ring (bicyclic) bond motifs is 1. The molecule has 2 aromatic carbocycles. The third-order valence-corrected chi connectivity index (χ3v) is 8.30. The Hall–Kier alpha value is -3.24. The van der Waals surface area contributed by atoms with Crippen LogP contribution in [0.25, 0.3) is 0 Å². The number of hydrogen-bond acceptors (Lipinski definition) is 6. The zero-order chi connectivity index (χ0) is 26.2. The van der Waals surface area contributed by atoms with Crippen LogP contribution in [0.2, 0.25) is 5.02 Å². The van der Waals surface area contributed by atoms with E-state index in [1.807, 2.05) is 13.8 Å². The van der Waals surface area contributed by atoms with Gasteiger partial charge < -0.3 is 14.4 Å². The lowest BCUT2D eigenvalue weighted by atomic mass is 10.00. The molecule has 36 heavy (non-hydrogen) atoms. The first-order valence-corrected chi connectivity index (χ1v) is 13.3. The third-order valence-electron chi connectivity index (χ3n) is 6.25. The van der Waals surface area contributed by atoms with Crippen molar-refractivity contribution >= 4 is 33.4 Å². The van der Waals surface area contributed by atoms with Crippen molar-refractivity contribution in [2.45, 2.75) is 43.7 Å². The quantitative estimate of drug-likeness (QED) is 0.542. The van der Waals surface area contributed by atoms with Crippen LogP contribution in [-0.4, -0.2) is 67.2 Å². The summed E-state index contributed by atoms with van der Waals surface area (Å²) in [6.45, 7) is 3.62. The Bertz CT molecular complexity index is 1310. The Morgan fingerprint density at radius 2 is 1.69 bits per heavy atom. The van der Waals surface area contributed by atoms with Crippen molar-refractivity contribution in [3.05, 3.63) is 65.1 Å². The molecule has 1 atom stereocenters. The van der Waals surface area contributed by atoms with E-state index in [0.717, 1.165) is 5.56 Å². The number of amides is 2. The highest BCUT2D eigenvalue weighted by Gasteiger charge is 2.46. The summed E-state index contributed by atoms with van der Waals surface area (Å²) in [6, 6.07) is 10.2. The Morgan fingerprint density at radius 1 is 1.03 bits per heavy atom. The fraction of sp³-hybridized carbons (Fsp3) is 0.360. The van der Waals surface area contributed by atoms with Gasteiger partial charge in [-0.25, -0.2) is 12.7 Å². The van der Waals surface area contributed by atoms with Crippen LogP contribution in [0.3, 0.4) is 0 Å². The summed E-state index contributed by atoms with van der Waals surface area (Å²) in [4.78, 5) is 29.4. The highest BCUT2D eigenvalue weighted by Crippen LogP contribution is 2.36. The number of nitrogens with zero attached hydrogens (tertiary/aromatic N) is 3. The van der Waals surface area contributed by atoms with Gasteiger partial charge in [-0.3, -0.25) is 14.5 Å². The fourth-order valence-corrected chi connectivity index (χ4v) is 5.97. The van der Waals surface area contributed by atoms with Crippen molar-refractivity contribution in [3.8, 4) is 11.5 Å². The summed E-state index contributed by atoms with van der Waals surface area (Å²) >= 11 is 6.01. The summed E-state index contributed by atoms with van der Waals surface area (Å²) in [7, 11) is -1.21. The van der Waals surface area contributed by atoms with Gasteiger partial charge >= 0.3 is 0 Å². The minimum atomic E-state index is -4.10. The molecule has 0 bridgehead atoms. The lowest BCUT2D eigenvalue weighted by Crippen LogP contribution is -2.61. The number of methoxy groups -OCH3 is 2. The van der Waals surface area contributed by atoms with Crippen molar-refractivity contribution in [1.29, 1.82) is 0 Å². The van der Waals surface area contributed by atoms with Gasteiger partial charge in [0.1, 0.15) is 11.9 Å². The summed E-state index contributed by atoms with van der Waals surface area (Å²) in [5.74, 6) is 0.218. The lowest BCUT2D eigenvalue weighted by molar-refractivity contribution is -0.148. The molecule has 0 saturated carbocycles. The minimum absolute atomic E-state index is 0.0161. The van der Waals surface area contributed by atoms with Gasteiger partial charge in [-0.15, -0.1) is 0 Å². The monoisotopic (exact) mass is 533 g/mol. The maximum atomic E-state index is 13.8. The minimum Gasteiger partial charge on any atom is -0.493 e. The van der Waals surface area contributed by atoms with Crippen molar-refractivity contribution in [2.24, 2.45) is 0 Å². The molecule has 2 amide bonds. The number of rotatable bonds is 7. The smallest absolute Gasteiger partial charge is 0.265 e. The van der Waals surface area contributed by atoms with E-state index in [-0.39, 0.29) is 53.7 Å². The molecule has 0 spiro atoms. The number of hydrogen-bond donors (Lipinski definition) is 0. The average Bonchev–Trinajstić information content (AvgIpc) is 2.86. The van der Waals surface area contributed by atoms with E-state index in [1.54, 1.807) is 24.3 Å². The van der Waals surface area contributed by atoms with Gasteiger partial charge in [0.2, 0.25) is 11.8 Å². The van der Waals surface area contributed by atoms with Crippen LogP contribution in [-0.2, 0) is 26.0 Å². The number of sulfonamides is 1. The molecule has 2 aromatic rings. The van der Waals surface area contributed by atoms with Crippen LogP contribution in [0.4, 0.5) is 0 Å². The molecule has 0 aromatic heterocycles. The Labute approximate surface area is 215 Å². The lowest BCUT2D eigenvalue weighted by Gasteiger charge is -2.46. The van der Waals surface area contributed by atoms with Crippen LogP contribution >= 0.6 is 11.6 Å². The molecule has 2 aliphatic rings.